The monoisotopic (exact) mass is 298 g/mol. The molecule has 0 aromatic heterocycles. The number of carbonyl (C=O) groups is 1. The molecule has 112 valence electrons. The van der Waals surface area contributed by atoms with Crippen molar-refractivity contribution in [1.29, 1.82) is 0 Å². The normalized spacial score (nSPS) is 13.2. The summed E-state index contributed by atoms with van der Waals surface area (Å²) in [5.74, 6) is -0.173. The van der Waals surface area contributed by atoms with Crippen LogP contribution in [0.4, 0.5) is 5.69 Å². The maximum Gasteiger partial charge on any atom is 0.241 e. The standard InChI is InChI=1S/C14H22N2O3S/c1-10(2)11-6-4-5-7-13(11)16-14(17)12(15)8-9-20(3,18)19/h4-7,10,12H,8-9,15H2,1-3H3,(H,16,17). The van der Waals surface area contributed by atoms with Crippen LogP contribution in [0.1, 0.15) is 31.7 Å². The molecule has 20 heavy (non-hydrogen) atoms. The van der Waals surface area contributed by atoms with Gasteiger partial charge in [-0.15, -0.1) is 0 Å². The smallest absolute Gasteiger partial charge is 0.241 e. The number of amides is 1. The van der Waals surface area contributed by atoms with Crippen LogP contribution >= 0.6 is 0 Å². The lowest BCUT2D eigenvalue weighted by Gasteiger charge is -2.16. The Morgan fingerprint density at radius 2 is 1.90 bits per heavy atom. The minimum atomic E-state index is -3.11. The van der Waals surface area contributed by atoms with E-state index in [-0.39, 0.29) is 24.0 Å². The Morgan fingerprint density at radius 3 is 2.45 bits per heavy atom. The average molecular weight is 298 g/mol. The summed E-state index contributed by atoms with van der Waals surface area (Å²) in [4.78, 5) is 12.0. The number of rotatable bonds is 6. The van der Waals surface area contributed by atoms with Gasteiger partial charge in [0.25, 0.3) is 0 Å². The van der Waals surface area contributed by atoms with Crippen LogP contribution in [0, 0.1) is 0 Å². The van der Waals surface area contributed by atoms with Gasteiger partial charge >= 0.3 is 0 Å². The largest absolute Gasteiger partial charge is 0.324 e. The van der Waals surface area contributed by atoms with Crippen molar-refractivity contribution >= 4 is 21.4 Å². The van der Waals surface area contributed by atoms with Crippen LogP contribution in [0.2, 0.25) is 0 Å². The number of benzene rings is 1. The number of sulfone groups is 1. The molecular weight excluding hydrogens is 276 g/mol. The molecule has 1 unspecified atom stereocenters. The van der Waals surface area contributed by atoms with Gasteiger partial charge in [-0.2, -0.15) is 0 Å². The van der Waals surface area contributed by atoms with Gasteiger partial charge in [0.1, 0.15) is 9.84 Å². The molecule has 0 spiro atoms. The van der Waals surface area contributed by atoms with Gasteiger partial charge in [0.15, 0.2) is 0 Å². The first-order chi connectivity index (χ1) is 9.20. The van der Waals surface area contributed by atoms with Gasteiger partial charge in [0.2, 0.25) is 5.91 Å². The fourth-order valence-corrected chi connectivity index (χ4v) is 2.49. The molecule has 0 radical (unpaired) electrons. The van der Waals surface area contributed by atoms with Gasteiger partial charge in [-0.25, -0.2) is 8.42 Å². The van der Waals surface area contributed by atoms with Crippen molar-refractivity contribution in [2.45, 2.75) is 32.2 Å². The molecule has 0 aliphatic heterocycles. The lowest BCUT2D eigenvalue weighted by Crippen LogP contribution is -2.37. The number of nitrogens with one attached hydrogen (secondary N) is 1. The number of nitrogens with two attached hydrogens (primary N) is 1. The summed E-state index contributed by atoms with van der Waals surface area (Å²) in [6, 6.07) is 6.68. The summed E-state index contributed by atoms with van der Waals surface area (Å²) >= 11 is 0. The highest BCUT2D eigenvalue weighted by Gasteiger charge is 2.17. The Labute approximate surface area is 120 Å². The first-order valence-corrected chi connectivity index (χ1v) is 8.60. The van der Waals surface area contributed by atoms with E-state index in [1.165, 1.54) is 0 Å². The number of carbonyl (C=O) groups excluding carboxylic acids is 1. The predicted octanol–water partition coefficient (Wildman–Crippen LogP) is 1.51. The van der Waals surface area contributed by atoms with Gasteiger partial charge in [0.05, 0.1) is 11.8 Å². The second-order valence-corrected chi connectivity index (χ2v) is 7.52. The SMILES string of the molecule is CC(C)c1ccccc1NC(=O)C(N)CCS(C)(=O)=O. The van der Waals surface area contributed by atoms with E-state index in [2.05, 4.69) is 5.32 Å². The topological polar surface area (TPSA) is 89.3 Å². The summed E-state index contributed by atoms with van der Waals surface area (Å²) in [5, 5.41) is 2.77. The van der Waals surface area contributed by atoms with Crippen molar-refractivity contribution in [3.63, 3.8) is 0 Å². The molecule has 0 aliphatic carbocycles. The first kappa shape index (κ1) is 16.7. The molecule has 0 saturated heterocycles. The van der Waals surface area contributed by atoms with E-state index in [0.717, 1.165) is 17.5 Å². The van der Waals surface area contributed by atoms with Gasteiger partial charge in [0, 0.05) is 11.9 Å². The van der Waals surface area contributed by atoms with Crippen molar-refractivity contribution in [3.8, 4) is 0 Å². The van der Waals surface area contributed by atoms with E-state index < -0.39 is 15.9 Å². The highest BCUT2D eigenvalue weighted by Crippen LogP contribution is 2.23. The minimum Gasteiger partial charge on any atom is -0.324 e. The third kappa shape index (κ3) is 5.30. The average Bonchev–Trinajstić information content (AvgIpc) is 2.35. The van der Waals surface area contributed by atoms with Gasteiger partial charge < -0.3 is 11.1 Å². The number of hydrogen-bond acceptors (Lipinski definition) is 4. The summed E-state index contributed by atoms with van der Waals surface area (Å²) in [7, 11) is -3.11. The first-order valence-electron chi connectivity index (χ1n) is 6.54. The van der Waals surface area contributed by atoms with Crippen LogP contribution in [-0.2, 0) is 14.6 Å². The van der Waals surface area contributed by atoms with Crippen LogP contribution in [0.3, 0.4) is 0 Å². The zero-order valence-electron chi connectivity index (χ0n) is 12.1. The zero-order chi connectivity index (χ0) is 15.3. The Bertz CT molecular complexity index is 568. The van der Waals surface area contributed by atoms with Crippen LogP contribution < -0.4 is 11.1 Å². The molecule has 1 amide bonds. The minimum absolute atomic E-state index is 0.0899. The van der Waals surface area contributed by atoms with E-state index >= 15 is 0 Å². The van der Waals surface area contributed by atoms with Crippen LogP contribution in [0.15, 0.2) is 24.3 Å². The number of para-hydroxylation sites is 1. The molecule has 1 aromatic rings. The van der Waals surface area contributed by atoms with E-state index in [9.17, 15) is 13.2 Å². The second-order valence-electron chi connectivity index (χ2n) is 5.26. The highest BCUT2D eigenvalue weighted by atomic mass is 32.2. The maximum atomic E-state index is 12.0. The molecule has 5 nitrogen and oxygen atoms in total. The van der Waals surface area contributed by atoms with Crippen molar-refractivity contribution in [3.05, 3.63) is 29.8 Å². The van der Waals surface area contributed by atoms with Crippen molar-refractivity contribution in [2.24, 2.45) is 5.73 Å². The van der Waals surface area contributed by atoms with Crippen molar-refractivity contribution < 1.29 is 13.2 Å². The number of anilines is 1. The third-order valence-corrected chi connectivity index (χ3v) is 3.95. The molecule has 1 atom stereocenters. The maximum absolute atomic E-state index is 12.0. The highest BCUT2D eigenvalue weighted by molar-refractivity contribution is 7.90. The van der Waals surface area contributed by atoms with E-state index in [1.807, 2.05) is 38.1 Å². The molecule has 0 fully saturated rings. The van der Waals surface area contributed by atoms with E-state index in [4.69, 9.17) is 5.73 Å². The molecular formula is C14H22N2O3S. The lowest BCUT2D eigenvalue weighted by molar-refractivity contribution is -0.117. The Balaban J connectivity index is 2.71. The molecule has 0 bridgehead atoms. The molecule has 0 saturated carbocycles. The van der Waals surface area contributed by atoms with Crippen LogP contribution in [0.5, 0.6) is 0 Å². The molecule has 1 rings (SSSR count). The van der Waals surface area contributed by atoms with E-state index in [0.29, 0.717) is 0 Å². The Morgan fingerprint density at radius 1 is 1.30 bits per heavy atom. The van der Waals surface area contributed by atoms with Crippen molar-refractivity contribution in [1.82, 2.24) is 0 Å². The third-order valence-electron chi connectivity index (χ3n) is 2.98. The number of hydrogen-bond donors (Lipinski definition) is 2. The Kier molecular flexibility index (Phi) is 5.71. The summed E-state index contributed by atoms with van der Waals surface area (Å²) in [6.45, 7) is 4.07. The summed E-state index contributed by atoms with van der Waals surface area (Å²) in [5.41, 5.74) is 7.47. The second kappa shape index (κ2) is 6.85. The quantitative estimate of drug-likeness (QED) is 0.833. The molecule has 3 N–H and O–H groups in total. The molecule has 0 heterocycles. The molecule has 6 heteroatoms. The fraction of sp³-hybridized carbons (Fsp3) is 0.500. The van der Waals surface area contributed by atoms with Crippen molar-refractivity contribution in [2.75, 3.05) is 17.3 Å². The van der Waals surface area contributed by atoms with E-state index in [1.54, 1.807) is 0 Å². The van der Waals surface area contributed by atoms with Crippen LogP contribution in [0.25, 0.3) is 0 Å². The predicted molar refractivity (Wildman–Crippen MR) is 81.5 cm³/mol. The zero-order valence-corrected chi connectivity index (χ0v) is 12.9. The molecule has 1 aromatic carbocycles. The van der Waals surface area contributed by atoms with Crippen LogP contribution in [-0.4, -0.2) is 32.4 Å². The fourth-order valence-electron chi connectivity index (χ4n) is 1.81. The summed E-state index contributed by atoms with van der Waals surface area (Å²) in [6.07, 6.45) is 1.25. The lowest BCUT2D eigenvalue weighted by atomic mass is 10.0. The van der Waals surface area contributed by atoms with Gasteiger partial charge in [-0.3, -0.25) is 4.79 Å². The van der Waals surface area contributed by atoms with Gasteiger partial charge in [-0.1, -0.05) is 32.0 Å². The molecule has 0 aliphatic rings. The summed E-state index contributed by atoms with van der Waals surface area (Å²) < 4.78 is 22.1. The van der Waals surface area contributed by atoms with Gasteiger partial charge in [-0.05, 0) is 24.0 Å². The Hall–Kier alpha value is -1.40.